The van der Waals surface area contributed by atoms with Crippen LogP contribution in [0.3, 0.4) is 0 Å². The molecule has 1 aromatic rings. The molecule has 0 saturated carbocycles. The van der Waals surface area contributed by atoms with Gasteiger partial charge in [-0.3, -0.25) is 9.73 Å². The zero-order chi connectivity index (χ0) is 19.4. The highest BCUT2D eigenvalue weighted by molar-refractivity contribution is 7.89. The maximum Gasteiger partial charge on any atom is 0.573 e. The number of ether oxygens (including phenoxy) is 1. The fraction of sp³-hybridized carbons (Fsp3) is 0.429. The Balaban J connectivity index is 1.99. The van der Waals surface area contributed by atoms with E-state index in [1.165, 1.54) is 11.2 Å². The van der Waals surface area contributed by atoms with Gasteiger partial charge < -0.3 is 4.74 Å². The number of nitrogens with one attached hydrogen (secondary N) is 1. The molecule has 1 heterocycles. The Kier molecular flexibility index (Phi) is 6.08. The molecule has 0 unspecified atom stereocenters. The van der Waals surface area contributed by atoms with Crippen LogP contribution < -0.4 is 10.2 Å². The molecule has 0 atom stereocenters. The summed E-state index contributed by atoms with van der Waals surface area (Å²) in [6.07, 6.45) is -4.25. The highest BCUT2D eigenvalue weighted by Crippen LogP contribution is 2.26. The van der Waals surface area contributed by atoms with Crippen molar-refractivity contribution in [1.82, 2.24) is 9.79 Å². The normalized spacial score (nSPS) is 16.1. The zero-order valence-corrected chi connectivity index (χ0v) is 14.4. The molecule has 1 amide bonds. The quantitative estimate of drug-likeness (QED) is 0.767. The van der Waals surface area contributed by atoms with Gasteiger partial charge in [0.2, 0.25) is 10.0 Å². The second-order valence-corrected chi connectivity index (χ2v) is 7.27. The average Bonchev–Trinajstić information content (AvgIpc) is 2.54. The smallest absolute Gasteiger partial charge is 0.406 e. The van der Waals surface area contributed by atoms with Crippen LogP contribution in [0.15, 0.2) is 34.3 Å². The summed E-state index contributed by atoms with van der Waals surface area (Å²) in [7, 11) is -3.85. The van der Waals surface area contributed by atoms with Crippen LogP contribution in [0.2, 0.25) is 0 Å². The summed E-state index contributed by atoms with van der Waals surface area (Å²) in [5.74, 6) is -0.924. The second kappa shape index (κ2) is 7.91. The van der Waals surface area contributed by atoms with Crippen LogP contribution in [0.5, 0.6) is 5.75 Å². The SMILES string of the molecule is CC(=O)NON=C1CCN(S(=O)(=O)c2ccc(OC(F)(F)F)cc2)CC1. The van der Waals surface area contributed by atoms with Gasteiger partial charge in [-0.05, 0) is 24.3 Å². The molecule has 12 heteroatoms. The number of halogens is 3. The molecule has 0 aromatic heterocycles. The molecule has 144 valence electrons. The van der Waals surface area contributed by atoms with Crippen LogP contribution in [-0.2, 0) is 19.8 Å². The molecule has 1 aliphatic heterocycles. The highest BCUT2D eigenvalue weighted by Gasteiger charge is 2.32. The van der Waals surface area contributed by atoms with Crippen LogP contribution >= 0.6 is 0 Å². The van der Waals surface area contributed by atoms with Crippen molar-refractivity contribution in [2.45, 2.75) is 31.0 Å². The highest BCUT2D eigenvalue weighted by atomic mass is 32.2. The number of carbonyl (C=O) groups excluding carboxylic acids is 1. The van der Waals surface area contributed by atoms with Gasteiger partial charge >= 0.3 is 6.36 Å². The molecule has 1 N–H and O–H groups in total. The molecular weight excluding hydrogens is 379 g/mol. The predicted octanol–water partition coefficient (Wildman–Crippen LogP) is 1.79. The van der Waals surface area contributed by atoms with Gasteiger partial charge in [0, 0.05) is 32.9 Å². The molecule has 26 heavy (non-hydrogen) atoms. The average molecular weight is 395 g/mol. The van der Waals surface area contributed by atoms with E-state index in [2.05, 4.69) is 14.8 Å². The number of hydrogen-bond donors (Lipinski definition) is 1. The molecule has 1 aliphatic rings. The first kappa shape index (κ1) is 20.0. The number of nitrogens with zero attached hydrogens (tertiary/aromatic N) is 2. The minimum Gasteiger partial charge on any atom is -0.406 e. The Hall–Kier alpha value is -2.34. The van der Waals surface area contributed by atoms with Crippen molar-refractivity contribution in [3.05, 3.63) is 24.3 Å². The van der Waals surface area contributed by atoms with Gasteiger partial charge in [0.1, 0.15) is 5.75 Å². The first-order valence-electron chi connectivity index (χ1n) is 7.42. The van der Waals surface area contributed by atoms with Gasteiger partial charge in [0.15, 0.2) is 0 Å². The molecular formula is C14H16F3N3O5S. The van der Waals surface area contributed by atoms with E-state index in [9.17, 15) is 26.4 Å². The van der Waals surface area contributed by atoms with Crippen molar-refractivity contribution < 1.29 is 36.1 Å². The van der Waals surface area contributed by atoms with Crippen molar-refractivity contribution in [3.63, 3.8) is 0 Å². The lowest BCUT2D eigenvalue weighted by Gasteiger charge is -2.26. The monoisotopic (exact) mass is 395 g/mol. The Bertz CT molecular complexity index is 768. The van der Waals surface area contributed by atoms with Crippen molar-refractivity contribution >= 4 is 21.6 Å². The van der Waals surface area contributed by atoms with Crippen molar-refractivity contribution in [1.29, 1.82) is 0 Å². The Labute approximate surface area is 147 Å². The van der Waals surface area contributed by atoms with Crippen LogP contribution in [0.25, 0.3) is 0 Å². The summed E-state index contributed by atoms with van der Waals surface area (Å²) in [5.41, 5.74) is 2.61. The van der Waals surface area contributed by atoms with Crippen LogP contribution in [-0.4, -0.2) is 43.8 Å². The van der Waals surface area contributed by atoms with E-state index in [-0.39, 0.29) is 18.0 Å². The van der Waals surface area contributed by atoms with Gasteiger partial charge in [-0.15, -0.1) is 13.2 Å². The number of oxime groups is 1. The van der Waals surface area contributed by atoms with E-state index in [1.54, 1.807) is 0 Å². The minimum atomic E-state index is -4.84. The summed E-state index contributed by atoms with van der Waals surface area (Å²) in [6.45, 7) is 1.51. The number of benzene rings is 1. The van der Waals surface area contributed by atoms with Gasteiger partial charge in [-0.1, -0.05) is 5.16 Å². The van der Waals surface area contributed by atoms with Crippen molar-refractivity contribution in [2.24, 2.45) is 5.16 Å². The number of alkyl halides is 3. The van der Waals surface area contributed by atoms with Gasteiger partial charge in [-0.2, -0.15) is 9.79 Å². The number of amides is 1. The number of hydroxylamine groups is 1. The summed E-state index contributed by atoms with van der Waals surface area (Å²) < 4.78 is 66.4. The fourth-order valence-corrected chi connectivity index (χ4v) is 3.63. The molecule has 0 bridgehead atoms. The lowest BCUT2D eigenvalue weighted by atomic mass is 10.1. The van der Waals surface area contributed by atoms with Crippen LogP contribution in [0.4, 0.5) is 13.2 Å². The maximum absolute atomic E-state index is 12.5. The number of sulfonamides is 1. The largest absolute Gasteiger partial charge is 0.573 e. The maximum atomic E-state index is 12.5. The van der Waals surface area contributed by atoms with E-state index < -0.39 is 28.0 Å². The molecule has 1 saturated heterocycles. The van der Waals surface area contributed by atoms with E-state index in [0.717, 1.165) is 24.3 Å². The Morgan fingerprint density at radius 2 is 1.77 bits per heavy atom. The van der Waals surface area contributed by atoms with Gasteiger partial charge in [0.05, 0.1) is 10.6 Å². The van der Waals surface area contributed by atoms with Crippen molar-refractivity contribution in [3.8, 4) is 5.75 Å². The standard InChI is InChI=1S/C14H16F3N3O5S/c1-10(21)18-25-19-11-6-8-20(9-7-11)26(22,23)13-4-2-12(3-5-13)24-14(15,16)17/h2-5H,6-9H2,1H3,(H,18,21). The van der Waals surface area contributed by atoms with Gasteiger partial charge in [0.25, 0.3) is 5.91 Å². The van der Waals surface area contributed by atoms with E-state index >= 15 is 0 Å². The van der Waals surface area contributed by atoms with Gasteiger partial charge in [-0.25, -0.2) is 8.42 Å². The minimum absolute atomic E-state index is 0.130. The third-order valence-electron chi connectivity index (χ3n) is 3.36. The molecule has 8 nitrogen and oxygen atoms in total. The molecule has 2 rings (SSSR count). The molecule has 0 aliphatic carbocycles. The number of rotatable bonds is 5. The first-order chi connectivity index (χ1) is 12.1. The molecule has 0 spiro atoms. The van der Waals surface area contributed by atoms with E-state index in [1.807, 2.05) is 5.48 Å². The first-order valence-corrected chi connectivity index (χ1v) is 8.86. The second-order valence-electron chi connectivity index (χ2n) is 5.33. The summed E-state index contributed by atoms with van der Waals surface area (Å²) in [6, 6.07) is 4.00. The summed E-state index contributed by atoms with van der Waals surface area (Å²) >= 11 is 0. The third kappa shape index (κ3) is 5.59. The Morgan fingerprint density at radius 3 is 2.27 bits per heavy atom. The van der Waals surface area contributed by atoms with E-state index in [4.69, 9.17) is 0 Å². The number of carbonyl (C=O) groups is 1. The fourth-order valence-electron chi connectivity index (χ4n) is 2.19. The topological polar surface area (TPSA) is 97.3 Å². The summed E-state index contributed by atoms with van der Waals surface area (Å²) in [5, 5.41) is 3.70. The van der Waals surface area contributed by atoms with E-state index in [0.29, 0.717) is 18.6 Å². The number of hydrogen-bond acceptors (Lipinski definition) is 6. The third-order valence-corrected chi connectivity index (χ3v) is 5.27. The van der Waals surface area contributed by atoms with Crippen LogP contribution in [0, 0.1) is 0 Å². The predicted molar refractivity (Wildman–Crippen MR) is 83.5 cm³/mol. The van der Waals surface area contributed by atoms with Crippen LogP contribution in [0.1, 0.15) is 19.8 Å². The zero-order valence-electron chi connectivity index (χ0n) is 13.6. The molecule has 0 radical (unpaired) electrons. The van der Waals surface area contributed by atoms with Crippen molar-refractivity contribution in [2.75, 3.05) is 13.1 Å². The molecule has 1 fully saturated rings. The summed E-state index contributed by atoms with van der Waals surface area (Å²) in [4.78, 5) is 15.1. The molecule has 1 aromatic carbocycles. The lowest BCUT2D eigenvalue weighted by molar-refractivity contribution is -0.274. The lowest BCUT2D eigenvalue weighted by Crippen LogP contribution is -2.38. The Morgan fingerprint density at radius 1 is 1.19 bits per heavy atom. The number of piperidine rings is 1.